The van der Waals surface area contributed by atoms with Crippen LogP contribution < -0.4 is 4.72 Å². The molecule has 2 aromatic rings. The molecule has 0 bridgehead atoms. The highest BCUT2D eigenvalue weighted by atomic mass is 79.9. The van der Waals surface area contributed by atoms with Crippen molar-refractivity contribution in [1.29, 1.82) is 0 Å². The van der Waals surface area contributed by atoms with E-state index in [4.69, 9.17) is 0 Å². The maximum absolute atomic E-state index is 12.2. The second kappa shape index (κ2) is 5.76. The van der Waals surface area contributed by atoms with E-state index in [1.807, 2.05) is 6.92 Å². The first kappa shape index (κ1) is 14.7. The highest BCUT2D eigenvalue weighted by Gasteiger charge is 2.16. The van der Waals surface area contributed by atoms with Gasteiger partial charge in [-0.15, -0.1) is 0 Å². The minimum absolute atomic E-state index is 0.153. The Hall–Kier alpha value is -1.66. The molecule has 0 aliphatic carbocycles. The lowest BCUT2D eigenvalue weighted by atomic mass is 10.2. The zero-order chi connectivity index (χ0) is 14.8. The third kappa shape index (κ3) is 3.08. The molecule has 2 rings (SSSR count). The number of halogens is 1. The summed E-state index contributed by atoms with van der Waals surface area (Å²) in [6.45, 7) is 1.88. The average molecular weight is 354 g/mol. The summed E-state index contributed by atoms with van der Waals surface area (Å²) in [5.41, 5.74) is 1.48. The lowest BCUT2D eigenvalue weighted by molar-refractivity contribution is 0.112. The summed E-state index contributed by atoms with van der Waals surface area (Å²) in [4.78, 5) is 11.2. The number of anilines is 1. The summed E-state index contributed by atoms with van der Waals surface area (Å²) in [6, 6.07) is 11.4. The highest BCUT2D eigenvalue weighted by Crippen LogP contribution is 2.25. The number of rotatable bonds is 4. The van der Waals surface area contributed by atoms with Gasteiger partial charge in [-0.05, 0) is 47.1 Å². The molecule has 0 saturated heterocycles. The Kier molecular flexibility index (Phi) is 4.25. The van der Waals surface area contributed by atoms with Crippen LogP contribution in [-0.4, -0.2) is 14.7 Å². The standard InChI is InChI=1S/C14H12BrNO3S/c1-10-5-7-11(8-6-10)20(18,19)16-14-4-2-3-13(15)12(14)9-17/h2-9,16H,1H3. The van der Waals surface area contributed by atoms with Crippen molar-refractivity contribution in [3.8, 4) is 0 Å². The van der Waals surface area contributed by atoms with Crippen molar-refractivity contribution in [3.05, 3.63) is 58.1 Å². The zero-order valence-electron chi connectivity index (χ0n) is 10.6. The normalized spacial score (nSPS) is 11.1. The van der Waals surface area contributed by atoms with E-state index in [2.05, 4.69) is 20.7 Å². The van der Waals surface area contributed by atoms with Crippen molar-refractivity contribution in [3.63, 3.8) is 0 Å². The average Bonchev–Trinajstić information content (AvgIpc) is 2.39. The molecule has 1 N–H and O–H groups in total. The number of aryl methyl sites for hydroxylation is 1. The number of carbonyl (C=O) groups excluding carboxylic acids is 1. The number of nitrogens with one attached hydrogen (secondary N) is 1. The van der Waals surface area contributed by atoms with Gasteiger partial charge >= 0.3 is 0 Å². The Morgan fingerprint density at radius 3 is 2.35 bits per heavy atom. The fraction of sp³-hybridized carbons (Fsp3) is 0.0714. The number of hydrogen-bond donors (Lipinski definition) is 1. The van der Waals surface area contributed by atoms with Crippen molar-refractivity contribution >= 4 is 37.9 Å². The molecule has 0 unspecified atom stereocenters. The second-order valence-corrected chi connectivity index (χ2v) is 6.77. The van der Waals surface area contributed by atoms with Crippen LogP contribution in [0, 0.1) is 6.92 Å². The lowest BCUT2D eigenvalue weighted by Crippen LogP contribution is -2.14. The summed E-state index contributed by atoms with van der Waals surface area (Å²) >= 11 is 3.21. The van der Waals surface area contributed by atoms with Gasteiger partial charge in [-0.3, -0.25) is 9.52 Å². The first-order chi connectivity index (χ1) is 9.44. The van der Waals surface area contributed by atoms with Gasteiger partial charge in [-0.25, -0.2) is 8.42 Å². The first-order valence-corrected chi connectivity index (χ1v) is 8.05. The predicted octanol–water partition coefficient (Wildman–Crippen LogP) is 3.37. The zero-order valence-corrected chi connectivity index (χ0v) is 13.0. The molecular weight excluding hydrogens is 342 g/mol. The quantitative estimate of drug-likeness (QED) is 0.857. The Labute approximate surface area is 126 Å². The smallest absolute Gasteiger partial charge is 0.261 e. The van der Waals surface area contributed by atoms with Gasteiger partial charge in [0.15, 0.2) is 6.29 Å². The molecule has 0 heterocycles. The van der Waals surface area contributed by atoms with E-state index in [9.17, 15) is 13.2 Å². The van der Waals surface area contributed by atoms with Crippen molar-refractivity contribution in [2.24, 2.45) is 0 Å². The largest absolute Gasteiger partial charge is 0.298 e. The highest BCUT2D eigenvalue weighted by molar-refractivity contribution is 9.10. The van der Waals surface area contributed by atoms with E-state index in [1.165, 1.54) is 12.1 Å². The number of hydrogen-bond acceptors (Lipinski definition) is 3. The number of aldehydes is 1. The Balaban J connectivity index is 2.41. The van der Waals surface area contributed by atoms with E-state index in [1.54, 1.807) is 30.3 Å². The van der Waals surface area contributed by atoms with Gasteiger partial charge in [0.25, 0.3) is 10.0 Å². The van der Waals surface area contributed by atoms with Gasteiger partial charge in [0.2, 0.25) is 0 Å². The van der Waals surface area contributed by atoms with Crippen molar-refractivity contribution < 1.29 is 13.2 Å². The fourth-order valence-corrected chi connectivity index (χ4v) is 3.21. The van der Waals surface area contributed by atoms with E-state index < -0.39 is 10.0 Å². The molecule has 104 valence electrons. The minimum atomic E-state index is -3.71. The number of benzene rings is 2. The van der Waals surface area contributed by atoms with E-state index in [0.29, 0.717) is 10.8 Å². The van der Waals surface area contributed by atoms with Crippen LogP contribution in [0.5, 0.6) is 0 Å². The summed E-state index contributed by atoms with van der Waals surface area (Å²) in [6.07, 6.45) is 0.608. The molecule has 0 spiro atoms. The van der Waals surface area contributed by atoms with Gasteiger partial charge in [0.1, 0.15) is 0 Å². The van der Waals surface area contributed by atoms with Crippen LogP contribution in [0.4, 0.5) is 5.69 Å². The van der Waals surface area contributed by atoms with Crippen LogP contribution in [0.2, 0.25) is 0 Å². The predicted molar refractivity (Wildman–Crippen MR) is 81.5 cm³/mol. The molecule has 0 aliphatic rings. The molecule has 0 saturated carbocycles. The van der Waals surface area contributed by atoms with Gasteiger partial charge in [0.05, 0.1) is 16.1 Å². The molecule has 0 atom stereocenters. The van der Waals surface area contributed by atoms with Crippen LogP contribution in [0.25, 0.3) is 0 Å². The van der Waals surface area contributed by atoms with E-state index in [-0.39, 0.29) is 16.1 Å². The third-order valence-corrected chi connectivity index (χ3v) is 4.82. The molecule has 6 heteroatoms. The molecule has 4 nitrogen and oxygen atoms in total. The fourth-order valence-electron chi connectivity index (χ4n) is 1.67. The summed E-state index contributed by atoms with van der Waals surface area (Å²) in [7, 11) is -3.71. The van der Waals surface area contributed by atoms with Crippen LogP contribution in [0.15, 0.2) is 51.8 Å². The van der Waals surface area contributed by atoms with Crippen molar-refractivity contribution in [1.82, 2.24) is 0 Å². The van der Waals surface area contributed by atoms with Crippen LogP contribution in [0.3, 0.4) is 0 Å². The van der Waals surface area contributed by atoms with Gasteiger partial charge in [0, 0.05) is 4.47 Å². The first-order valence-electron chi connectivity index (χ1n) is 5.77. The third-order valence-electron chi connectivity index (χ3n) is 2.75. The Bertz CT molecular complexity index is 740. The van der Waals surface area contributed by atoms with Crippen LogP contribution >= 0.6 is 15.9 Å². The monoisotopic (exact) mass is 353 g/mol. The maximum atomic E-state index is 12.2. The van der Waals surface area contributed by atoms with Gasteiger partial charge in [-0.2, -0.15) is 0 Å². The number of carbonyl (C=O) groups is 1. The summed E-state index contributed by atoms with van der Waals surface area (Å²) < 4.78 is 27.5. The van der Waals surface area contributed by atoms with Crippen LogP contribution in [0.1, 0.15) is 15.9 Å². The Morgan fingerprint density at radius 2 is 1.75 bits per heavy atom. The molecule has 0 radical (unpaired) electrons. The molecule has 0 aliphatic heterocycles. The minimum Gasteiger partial charge on any atom is -0.298 e. The summed E-state index contributed by atoms with van der Waals surface area (Å²) in [5, 5.41) is 0. The van der Waals surface area contributed by atoms with Crippen LogP contribution in [-0.2, 0) is 10.0 Å². The molecule has 0 fully saturated rings. The van der Waals surface area contributed by atoms with Crippen molar-refractivity contribution in [2.45, 2.75) is 11.8 Å². The molecule has 20 heavy (non-hydrogen) atoms. The Morgan fingerprint density at radius 1 is 1.10 bits per heavy atom. The van der Waals surface area contributed by atoms with Gasteiger partial charge < -0.3 is 0 Å². The SMILES string of the molecule is Cc1ccc(S(=O)(=O)Nc2cccc(Br)c2C=O)cc1. The lowest BCUT2D eigenvalue weighted by Gasteiger charge is -2.11. The molecule has 2 aromatic carbocycles. The molecule has 0 amide bonds. The summed E-state index contributed by atoms with van der Waals surface area (Å²) in [5.74, 6) is 0. The van der Waals surface area contributed by atoms with Crippen molar-refractivity contribution in [2.75, 3.05) is 4.72 Å². The van der Waals surface area contributed by atoms with Gasteiger partial charge in [-0.1, -0.05) is 23.8 Å². The maximum Gasteiger partial charge on any atom is 0.261 e. The van der Waals surface area contributed by atoms with E-state index >= 15 is 0 Å². The number of sulfonamides is 1. The topological polar surface area (TPSA) is 63.2 Å². The molecular formula is C14H12BrNO3S. The second-order valence-electron chi connectivity index (χ2n) is 4.24. The van der Waals surface area contributed by atoms with E-state index in [0.717, 1.165) is 5.56 Å². The molecule has 0 aromatic heterocycles.